The normalized spacial score (nSPS) is 11.6. The maximum Gasteiger partial charge on any atom is 0.244 e. The Morgan fingerprint density at radius 1 is 1.54 bits per heavy atom. The molecule has 1 heterocycles. The van der Waals surface area contributed by atoms with Gasteiger partial charge in [0, 0.05) is 19.3 Å². The molecule has 1 rings (SSSR count). The molecule has 0 aliphatic rings. The van der Waals surface area contributed by atoms with E-state index in [1.54, 1.807) is 0 Å². The third kappa shape index (κ3) is 1.90. The lowest BCUT2D eigenvalue weighted by molar-refractivity contribution is 0.595. The molecule has 0 fully saturated rings. The molecule has 0 aromatic carbocycles. The molecule has 0 bridgehead atoms. The summed E-state index contributed by atoms with van der Waals surface area (Å²) in [6.45, 7) is 0. The van der Waals surface area contributed by atoms with Gasteiger partial charge in [0.15, 0.2) is 4.90 Å². The highest BCUT2D eigenvalue weighted by Gasteiger charge is 2.18. The van der Waals surface area contributed by atoms with Crippen molar-refractivity contribution in [3.8, 4) is 0 Å². The third-order valence-electron chi connectivity index (χ3n) is 1.45. The minimum Gasteiger partial charge on any atom is -0.340 e. The summed E-state index contributed by atoms with van der Waals surface area (Å²) in [4.78, 5) is 10.5. The number of aryl methyl sites for hydroxylation is 1. The van der Waals surface area contributed by atoms with E-state index in [-0.39, 0.29) is 5.15 Å². The van der Waals surface area contributed by atoms with Crippen molar-refractivity contribution in [1.29, 1.82) is 0 Å². The second-order valence-electron chi connectivity index (χ2n) is 2.46. The topological polar surface area (TPSA) is 82.2 Å². The van der Waals surface area contributed by atoms with Gasteiger partial charge in [-0.25, -0.2) is 13.6 Å². The quantitative estimate of drug-likeness (QED) is 0.662. The Hall–Kier alpha value is -0.850. The zero-order chi connectivity index (χ0) is 10.2. The Labute approximate surface area is 79.8 Å². The number of rotatable bonds is 1. The van der Waals surface area contributed by atoms with Crippen molar-refractivity contribution >= 4 is 21.6 Å². The van der Waals surface area contributed by atoms with Gasteiger partial charge in [-0.05, 0) is 0 Å². The van der Waals surface area contributed by atoms with E-state index in [2.05, 4.69) is 0 Å². The monoisotopic (exact) mass is 222 g/mol. The maximum atomic E-state index is 11.1. The van der Waals surface area contributed by atoms with Gasteiger partial charge in [-0.2, -0.15) is 0 Å². The van der Waals surface area contributed by atoms with Crippen LogP contribution in [0.2, 0.25) is 5.15 Å². The SMILES string of the molecule is Cn1ccc(=O)c(S(N)(=O)=O)c1Cl. The van der Waals surface area contributed by atoms with E-state index in [1.165, 1.54) is 17.8 Å². The van der Waals surface area contributed by atoms with Crippen LogP contribution in [0.3, 0.4) is 0 Å². The first-order chi connectivity index (χ1) is 5.84. The van der Waals surface area contributed by atoms with E-state index in [0.29, 0.717) is 0 Å². The number of hydrogen-bond acceptors (Lipinski definition) is 3. The average Bonchev–Trinajstić information content (AvgIpc) is 1.95. The first-order valence-corrected chi connectivity index (χ1v) is 5.14. The first kappa shape index (κ1) is 10.2. The van der Waals surface area contributed by atoms with Crippen molar-refractivity contribution in [3.05, 3.63) is 27.6 Å². The Morgan fingerprint density at radius 3 is 2.46 bits per heavy atom. The van der Waals surface area contributed by atoms with Crippen molar-refractivity contribution in [3.63, 3.8) is 0 Å². The van der Waals surface area contributed by atoms with Gasteiger partial charge in [0.1, 0.15) is 5.15 Å². The van der Waals surface area contributed by atoms with Crippen molar-refractivity contribution in [1.82, 2.24) is 4.57 Å². The van der Waals surface area contributed by atoms with Crippen LogP contribution in [-0.4, -0.2) is 13.0 Å². The summed E-state index contributed by atoms with van der Waals surface area (Å²) in [5.41, 5.74) is -0.703. The van der Waals surface area contributed by atoms with Gasteiger partial charge in [0.25, 0.3) is 0 Å². The molecular formula is C6H7ClN2O3S. The van der Waals surface area contributed by atoms with Crippen LogP contribution in [0.5, 0.6) is 0 Å². The fourth-order valence-corrected chi connectivity index (χ4v) is 2.04. The predicted octanol–water partition coefficient (Wildman–Crippen LogP) is -0.314. The molecular weight excluding hydrogens is 216 g/mol. The minimum absolute atomic E-state index is 0.185. The highest BCUT2D eigenvalue weighted by Crippen LogP contribution is 2.13. The van der Waals surface area contributed by atoms with Crippen LogP contribution < -0.4 is 10.6 Å². The largest absolute Gasteiger partial charge is 0.340 e. The Bertz CT molecular complexity index is 491. The smallest absolute Gasteiger partial charge is 0.244 e. The van der Waals surface area contributed by atoms with E-state index in [4.69, 9.17) is 16.7 Å². The van der Waals surface area contributed by atoms with Crippen LogP contribution in [-0.2, 0) is 17.1 Å². The van der Waals surface area contributed by atoms with Crippen LogP contribution >= 0.6 is 11.6 Å². The molecule has 0 radical (unpaired) electrons. The predicted molar refractivity (Wildman–Crippen MR) is 48.1 cm³/mol. The van der Waals surface area contributed by atoms with Gasteiger partial charge < -0.3 is 4.57 Å². The standard InChI is InChI=1S/C6H7ClN2O3S/c1-9-3-2-4(10)5(6(9)7)13(8,11)12/h2-3H,1H3,(H2,8,11,12). The summed E-state index contributed by atoms with van der Waals surface area (Å²) in [7, 11) is -2.54. The number of pyridine rings is 1. The number of halogens is 1. The average molecular weight is 223 g/mol. The van der Waals surface area contributed by atoms with Gasteiger partial charge in [-0.3, -0.25) is 4.79 Å². The molecule has 2 N–H and O–H groups in total. The van der Waals surface area contributed by atoms with Crippen LogP contribution in [0, 0.1) is 0 Å². The van der Waals surface area contributed by atoms with E-state index in [1.807, 2.05) is 0 Å². The Morgan fingerprint density at radius 2 is 2.08 bits per heavy atom. The number of nitrogens with two attached hydrogens (primary N) is 1. The number of hydrogen-bond donors (Lipinski definition) is 1. The molecule has 0 amide bonds. The van der Waals surface area contributed by atoms with Crippen LogP contribution in [0.4, 0.5) is 0 Å². The summed E-state index contributed by atoms with van der Waals surface area (Å²) in [5.74, 6) is 0. The van der Waals surface area contributed by atoms with Gasteiger partial charge in [0.05, 0.1) is 0 Å². The molecule has 5 nitrogen and oxygen atoms in total. The van der Waals surface area contributed by atoms with Gasteiger partial charge in [0.2, 0.25) is 15.5 Å². The minimum atomic E-state index is -4.05. The second kappa shape index (κ2) is 3.13. The van der Waals surface area contributed by atoms with Crippen LogP contribution in [0.25, 0.3) is 0 Å². The van der Waals surface area contributed by atoms with Crippen LogP contribution in [0.1, 0.15) is 0 Å². The maximum absolute atomic E-state index is 11.1. The lowest BCUT2D eigenvalue weighted by atomic mass is 10.5. The Balaban J connectivity index is 3.73. The molecule has 1 aromatic rings. The molecule has 0 saturated heterocycles. The summed E-state index contributed by atoms with van der Waals surface area (Å²) in [6, 6.07) is 1.09. The number of primary sulfonamides is 1. The third-order valence-corrected chi connectivity index (χ3v) is 2.99. The highest BCUT2D eigenvalue weighted by atomic mass is 35.5. The lowest BCUT2D eigenvalue weighted by Crippen LogP contribution is -2.23. The van der Waals surface area contributed by atoms with E-state index < -0.39 is 20.3 Å². The molecule has 0 aliphatic heterocycles. The van der Waals surface area contributed by atoms with E-state index >= 15 is 0 Å². The fourth-order valence-electron chi connectivity index (χ4n) is 0.840. The summed E-state index contributed by atoms with van der Waals surface area (Å²) >= 11 is 5.59. The number of nitrogens with zero attached hydrogens (tertiary/aromatic N) is 1. The molecule has 0 unspecified atom stereocenters. The zero-order valence-corrected chi connectivity index (χ0v) is 8.26. The van der Waals surface area contributed by atoms with E-state index in [0.717, 1.165) is 6.07 Å². The second-order valence-corrected chi connectivity index (χ2v) is 4.31. The lowest BCUT2D eigenvalue weighted by Gasteiger charge is -2.04. The highest BCUT2D eigenvalue weighted by molar-refractivity contribution is 7.89. The van der Waals surface area contributed by atoms with Gasteiger partial charge in [-0.15, -0.1) is 0 Å². The zero-order valence-electron chi connectivity index (χ0n) is 6.69. The first-order valence-electron chi connectivity index (χ1n) is 3.22. The van der Waals surface area contributed by atoms with Crippen molar-refractivity contribution in [2.75, 3.05) is 0 Å². The molecule has 0 saturated carbocycles. The number of aromatic nitrogens is 1. The van der Waals surface area contributed by atoms with Crippen molar-refractivity contribution in [2.45, 2.75) is 4.90 Å². The van der Waals surface area contributed by atoms with E-state index in [9.17, 15) is 13.2 Å². The summed E-state index contributed by atoms with van der Waals surface area (Å²) in [5, 5.41) is 4.62. The van der Waals surface area contributed by atoms with Crippen LogP contribution in [0.15, 0.2) is 22.0 Å². The van der Waals surface area contributed by atoms with Gasteiger partial charge >= 0.3 is 0 Å². The number of sulfonamides is 1. The molecule has 0 aliphatic carbocycles. The molecule has 0 atom stereocenters. The van der Waals surface area contributed by atoms with Crippen molar-refractivity contribution in [2.24, 2.45) is 12.2 Å². The fraction of sp³-hybridized carbons (Fsp3) is 0.167. The molecule has 7 heteroatoms. The van der Waals surface area contributed by atoms with Gasteiger partial charge in [-0.1, -0.05) is 11.6 Å². The molecule has 0 spiro atoms. The summed E-state index contributed by atoms with van der Waals surface area (Å²) < 4.78 is 23.1. The summed E-state index contributed by atoms with van der Waals surface area (Å²) in [6.07, 6.45) is 1.36. The molecule has 72 valence electrons. The molecule has 13 heavy (non-hydrogen) atoms. The molecule has 1 aromatic heterocycles. The Kier molecular flexibility index (Phi) is 2.47. The van der Waals surface area contributed by atoms with Crippen molar-refractivity contribution < 1.29 is 8.42 Å².